The zero-order valence-electron chi connectivity index (χ0n) is 14.0. The lowest BCUT2D eigenvalue weighted by Crippen LogP contribution is -2.04. The van der Waals surface area contributed by atoms with Gasteiger partial charge in [0.2, 0.25) is 0 Å². The monoisotopic (exact) mass is 357 g/mol. The quantitative estimate of drug-likeness (QED) is 0.663. The summed E-state index contributed by atoms with van der Waals surface area (Å²) in [6.45, 7) is 0.700. The van der Waals surface area contributed by atoms with Gasteiger partial charge in [-0.3, -0.25) is 0 Å². The SMILES string of the molecule is NCc1cc(-c2ccc(C(F)(F)F)cc2)ccc1OCc1ccccc1. The van der Waals surface area contributed by atoms with Gasteiger partial charge in [-0.15, -0.1) is 0 Å². The minimum Gasteiger partial charge on any atom is -0.489 e. The van der Waals surface area contributed by atoms with Crippen molar-refractivity contribution >= 4 is 0 Å². The van der Waals surface area contributed by atoms with E-state index in [1.54, 1.807) is 6.07 Å². The second kappa shape index (κ2) is 7.62. The predicted octanol–water partition coefficient (Wildman–Crippen LogP) is 5.41. The number of nitrogens with two attached hydrogens (primary N) is 1. The number of hydrogen-bond acceptors (Lipinski definition) is 2. The van der Waals surface area contributed by atoms with E-state index in [2.05, 4.69) is 0 Å². The smallest absolute Gasteiger partial charge is 0.416 e. The highest BCUT2D eigenvalue weighted by molar-refractivity contribution is 5.66. The van der Waals surface area contributed by atoms with Gasteiger partial charge in [-0.05, 0) is 41.0 Å². The number of benzene rings is 3. The van der Waals surface area contributed by atoms with Gasteiger partial charge in [-0.25, -0.2) is 0 Å². The molecule has 0 atom stereocenters. The number of rotatable bonds is 5. The Morgan fingerprint density at radius 3 is 2.08 bits per heavy atom. The van der Waals surface area contributed by atoms with Crippen molar-refractivity contribution in [1.29, 1.82) is 0 Å². The number of alkyl halides is 3. The molecule has 2 nitrogen and oxygen atoms in total. The maximum Gasteiger partial charge on any atom is 0.416 e. The molecular formula is C21H18F3NO. The lowest BCUT2D eigenvalue weighted by Gasteiger charge is -2.13. The first-order valence-electron chi connectivity index (χ1n) is 8.15. The molecule has 3 aromatic rings. The first kappa shape index (κ1) is 18.0. The van der Waals surface area contributed by atoms with Crippen molar-refractivity contribution in [2.75, 3.05) is 0 Å². The third-order valence-electron chi connectivity index (χ3n) is 4.06. The summed E-state index contributed by atoms with van der Waals surface area (Å²) in [6, 6.07) is 20.3. The van der Waals surface area contributed by atoms with Crippen molar-refractivity contribution in [3.63, 3.8) is 0 Å². The maximum atomic E-state index is 12.7. The van der Waals surface area contributed by atoms with Gasteiger partial charge in [0.15, 0.2) is 0 Å². The van der Waals surface area contributed by atoms with Gasteiger partial charge in [0.1, 0.15) is 12.4 Å². The predicted molar refractivity (Wildman–Crippen MR) is 95.5 cm³/mol. The number of halogens is 3. The van der Waals surface area contributed by atoms with Crippen LogP contribution in [0.1, 0.15) is 16.7 Å². The standard InChI is InChI=1S/C21H18F3NO/c22-21(23,24)19-9-6-16(7-10-19)17-8-11-20(18(12-17)13-25)26-14-15-4-2-1-3-5-15/h1-12H,13-14,25H2. The summed E-state index contributed by atoms with van der Waals surface area (Å²) >= 11 is 0. The van der Waals surface area contributed by atoms with Crippen LogP contribution in [0.3, 0.4) is 0 Å². The first-order chi connectivity index (χ1) is 12.5. The molecule has 2 N–H and O–H groups in total. The van der Waals surface area contributed by atoms with Gasteiger partial charge in [0, 0.05) is 12.1 Å². The van der Waals surface area contributed by atoms with Gasteiger partial charge in [0.05, 0.1) is 5.56 Å². The van der Waals surface area contributed by atoms with Crippen molar-refractivity contribution < 1.29 is 17.9 Å². The third-order valence-corrected chi connectivity index (χ3v) is 4.06. The molecule has 0 radical (unpaired) electrons. The molecule has 3 aromatic carbocycles. The molecule has 0 aliphatic heterocycles. The highest BCUT2D eigenvalue weighted by Crippen LogP contribution is 2.32. The van der Waals surface area contributed by atoms with E-state index >= 15 is 0 Å². The van der Waals surface area contributed by atoms with E-state index in [1.165, 1.54) is 12.1 Å². The van der Waals surface area contributed by atoms with Crippen molar-refractivity contribution in [2.24, 2.45) is 5.73 Å². The van der Waals surface area contributed by atoms with Crippen molar-refractivity contribution in [1.82, 2.24) is 0 Å². The molecule has 0 saturated carbocycles. The largest absolute Gasteiger partial charge is 0.489 e. The van der Waals surface area contributed by atoms with E-state index in [9.17, 15) is 13.2 Å². The second-order valence-corrected chi connectivity index (χ2v) is 5.88. The van der Waals surface area contributed by atoms with Crippen LogP contribution in [0.5, 0.6) is 5.75 Å². The molecular weight excluding hydrogens is 339 g/mol. The maximum absolute atomic E-state index is 12.7. The Balaban J connectivity index is 1.80. The topological polar surface area (TPSA) is 35.2 Å². The molecule has 0 heterocycles. The highest BCUT2D eigenvalue weighted by Gasteiger charge is 2.29. The molecule has 3 rings (SSSR count). The Hall–Kier alpha value is -2.79. The second-order valence-electron chi connectivity index (χ2n) is 5.88. The summed E-state index contributed by atoms with van der Waals surface area (Å²) in [4.78, 5) is 0. The number of hydrogen-bond donors (Lipinski definition) is 1. The molecule has 0 amide bonds. The van der Waals surface area contributed by atoms with Crippen molar-refractivity contribution in [3.8, 4) is 16.9 Å². The molecule has 0 bridgehead atoms. The van der Waals surface area contributed by atoms with Crippen LogP contribution in [-0.4, -0.2) is 0 Å². The summed E-state index contributed by atoms with van der Waals surface area (Å²) in [7, 11) is 0. The van der Waals surface area contributed by atoms with E-state index in [-0.39, 0.29) is 6.54 Å². The Morgan fingerprint density at radius 1 is 0.808 bits per heavy atom. The summed E-state index contributed by atoms with van der Waals surface area (Å²) in [5.74, 6) is 0.673. The fourth-order valence-corrected chi connectivity index (χ4v) is 2.65. The molecule has 0 unspecified atom stereocenters. The van der Waals surface area contributed by atoms with Gasteiger partial charge in [-0.2, -0.15) is 13.2 Å². The molecule has 26 heavy (non-hydrogen) atoms. The molecule has 134 valence electrons. The molecule has 0 spiro atoms. The minimum absolute atomic E-state index is 0.276. The molecule has 0 saturated heterocycles. The molecule has 0 aromatic heterocycles. The van der Waals surface area contributed by atoms with Crippen LogP contribution in [0.4, 0.5) is 13.2 Å². The fraction of sp³-hybridized carbons (Fsp3) is 0.143. The average molecular weight is 357 g/mol. The van der Waals surface area contributed by atoms with Crippen LogP contribution in [0, 0.1) is 0 Å². The Labute approximate surface area is 150 Å². The van der Waals surface area contributed by atoms with Crippen LogP contribution in [0.15, 0.2) is 72.8 Å². The zero-order chi connectivity index (χ0) is 18.6. The molecule has 0 fully saturated rings. The van der Waals surface area contributed by atoms with Gasteiger partial charge < -0.3 is 10.5 Å². The van der Waals surface area contributed by atoms with Crippen LogP contribution in [0.25, 0.3) is 11.1 Å². The summed E-state index contributed by atoms with van der Waals surface area (Å²) < 4.78 is 43.9. The van der Waals surface area contributed by atoms with E-state index < -0.39 is 11.7 Å². The molecule has 0 aliphatic carbocycles. The first-order valence-corrected chi connectivity index (χ1v) is 8.15. The van der Waals surface area contributed by atoms with Crippen LogP contribution < -0.4 is 10.5 Å². The van der Waals surface area contributed by atoms with E-state index in [1.807, 2.05) is 42.5 Å². The summed E-state index contributed by atoms with van der Waals surface area (Å²) in [5, 5.41) is 0. The van der Waals surface area contributed by atoms with Crippen LogP contribution in [0.2, 0.25) is 0 Å². The van der Waals surface area contributed by atoms with Crippen LogP contribution in [-0.2, 0) is 19.3 Å². The van der Waals surface area contributed by atoms with Gasteiger partial charge >= 0.3 is 6.18 Å². The average Bonchev–Trinajstić information content (AvgIpc) is 2.66. The number of ether oxygens (including phenoxy) is 1. The van der Waals surface area contributed by atoms with E-state index in [0.717, 1.165) is 28.8 Å². The lowest BCUT2D eigenvalue weighted by molar-refractivity contribution is -0.137. The van der Waals surface area contributed by atoms with Crippen molar-refractivity contribution in [2.45, 2.75) is 19.3 Å². The Kier molecular flexibility index (Phi) is 5.28. The van der Waals surface area contributed by atoms with Gasteiger partial charge in [0.25, 0.3) is 0 Å². The Morgan fingerprint density at radius 2 is 1.46 bits per heavy atom. The summed E-state index contributed by atoms with van der Waals surface area (Å²) in [6.07, 6.45) is -4.34. The highest BCUT2D eigenvalue weighted by atomic mass is 19.4. The lowest BCUT2D eigenvalue weighted by atomic mass is 10.0. The van der Waals surface area contributed by atoms with Crippen molar-refractivity contribution in [3.05, 3.63) is 89.5 Å². The van der Waals surface area contributed by atoms with Gasteiger partial charge in [-0.1, -0.05) is 48.5 Å². The Bertz CT molecular complexity index is 859. The molecule has 5 heteroatoms. The zero-order valence-corrected chi connectivity index (χ0v) is 14.0. The minimum atomic E-state index is -4.34. The third kappa shape index (κ3) is 4.24. The fourth-order valence-electron chi connectivity index (χ4n) is 2.65. The van der Waals surface area contributed by atoms with Crippen LogP contribution >= 0.6 is 0 Å². The van der Waals surface area contributed by atoms with E-state index in [0.29, 0.717) is 17.9 Å². The summed E-state index contributed by atoms with van der Waals surface area (Å²) in [5.41, 5.74) is 8.50. The normalized spacial score (nSPS) is 11.4. The van der Waals surface area contributed by atoms with E-state index in [4.69, 9.17) is 10.5 Å². The molecule has 0 aliphatic rings.